The monoisotopic (exact) mass is 532 g/mol. The molecule has 3 atom stereocenters. The van der Waals surface area contributed by atoms with Crippen LogP contribution < -0.4 is 15.4 Å². The number of ether oxygens (including phenoxy) is 2. The normalized spacial score (nSPS) is 24.9. The van der Waals surface area contributed by atoms with Crippen LogP contribution in [0.4, 0.5) is 10.5 Å². The van der Waals surface area contributed by atoms with Crippen LogP contribution in [-0.4, -0.2) is 78.0 Å². The van der Waals surface area contributed by atoms with Gasteiger partial charge < -0.3 is 29.9 Å². The van der Waals surface area contributed by atoms with E-state index in [1.807, 2.05) is 0 Å². The summed E-state index contributed by atoms with van der Waals surface area (Å²) in [6.45, 7) is 1.95. The van der Waals surface area contributed by atoms with Gasteiger partial charge in [-0.3, -0.25) is 14.4 Å². The Bertz CT molecular complexity index is 1170. The van der Waals surface area contributed by atoms with Crippen molar-refractivity contribution in [3.8, 4) is 5.06 Å². The fourth-order valence-electron chi connectivity index (χ4n) is 4.94. The topological polar surface area (TPSA) is 117 Å². The number of piperazine rings is 1. The molecule has 3 saturated heterocycles. The number of halogens is 1. The number of amides is 4. The lowest BCUT2D eigenvalue weighted by molar-refractivity contribution is -0.124. The van der Waals surface area contributed by atoms with E-state index in [0.29, 0.717) is 59.7 Å². The number of thiophene rings is 1. The van der Waals surface area contributed by atoms with E-state index in [1.165, 1.54) is 0 Å². The van der Waals surface area contributed by atoms with Crippen molar-refractivity contribution in [1.82, 2.24) is 15.1 Å². The van der Waals surface area contributed by atoms with Crippen molar-refractivity contribution in [3.05, 3.63) is 46.3 Å². The molecule has 0 radical (unpaired) electrons. The van der Waals surface area contributed by atoms with E-state index in [2.05, 4.69) is 10.6 Å². The molecule has 3 aliphatic heterocycles. The summed E-state index contributed by atoms with van der Waals surface area (Å²) in [7, 11) is 0. The molecule has 3 aliphatic rings. The molecular weight excluding hydrogens is 508 g/mol. The lowest BCUT2D eigenvalue weighted by Crippen LogP contribution is -2.62. The van der Waals surface area contributed by atoms with Crippen LogP contribution >= 0.6 is 22.9 Å². The van der Waals surface area contributed by atoms with Crippen LogP contribution in [0.25, 0.3) is 0 Å². The Morgan fingerprint density at radius 3 is 2.42 bits per heavy atom. The van der Waals surface area contributed by atoms with Crippen LogP contribution in [0.2, 0.25) is 4.34 Å². The summed E-state index contributed by atoms with van der Waals surface area (Å²) in [4.78, 5) is 53.1. The van der Waals surface area contributed by atoms with Crippen molar-refractivity contribution in [1.29, 1.82) is 0 Å². The number of rotatable bonds is 6. The highest BCUT2D eigenvalue weighted by atomic mass is 35.5. The van der Waals surface area contributed by atoms with E-state index in [-0.39, 0.29) is 12.0 Å². The molecule has 2 bridgehead atoms. The summed E-state index contributed by atoms with van der Waals surface area (Å²) in [5.74, 6) is -0.533. The summed E-state index contributed by atoms with van der Waals surface area (Å²) in [5, 5.41) is 5.95. The molecule has 5 rings (SSSR count). The van der Waals surface area contributed by atoms with Crippen molar-refractivity contribution >= 4 is 52.9 Å². The van der Waals surface area contributed by atoms with E-state index < -0.39 is 23.6 Å². The van der Waals surface area contributed by atoms with Gasteiger partial charge in [0, 0.05) is 43.9 Å². The molecule has 4 heterocycles. The molecule has 3 unspecified atom stereocenters. The largest absolute Gasteiger partial charge is 0.414 e. The standard InChI is InChI=1S/C24H25ClN4O6S/c25-19-7-8-20(36-19)35-23(33)27-24(13-17-5-6-18(24)34-17)22(32)26-16-3-1-15(2-4-16)21(31)29-11-9-28(14-30)10-12-29/h1-4,7-8,14,17-18H,5-6,9-13H2,(H,26,32)(H,27,33). The number of carbonyl (C=O) groups excluding carboxylic acids is 4. The minimum Gasteiger partial charge on any atom is -0.399 e. The second-order valence-electron chi connectivity index (χ2n) is 9.04. The fourth-order valence-corrected chi connectivity index (χ4v) is 5.81. The third kappa shape index (κ3) is 4.91. The van der Waals surface area contributed by atoms with Gasteiger partial charge in [0.15, 0.2) is 10.6 Å². The van der Waals surface area contributed by atoms with Gasteiger partial charge in [0.1, 0.15) is 0 Å². The van der Waals surface area contributed by atoms with Crippen molar-refractivity contribution in [2.75, 3.05) is 31.5 Å². The molecule has 36 heavy (non-hydrogen) atoms. The highest BCUT2D eigenvalue weighted by molar-refractivity contribution is 7.17. The number of benzene rings is 1. The molecule has 1 aromatic heterocycles. The van der Waals surface area contributed by atoms with E-state index in [0.717, 1.165) is 24.2 Å². The minimum absolute atomic E-state index is 0.114. The molecule has 0 aliphatic carbocycles. The third-order valence-corrected chi connectivity index (χ3v) is 7.93. The Morgan fingerprint density at radius 1 is 1.08 bits per heavy atom. The van der Waals surface area contributed by atoms with Gasteiger partial charge in [0.2, 0.25) is 6.41 Å². The van der Waals surface area contributed by atoms with Crippen LogP contribution in [0.5, 0.6) is 5.06 Å². The number of anilines is 1. The molecule has 12 heteroatoms. The van der Waals surface area contributed by atoms with Gasteiger partial charge in [-0.15, -0.1) is 0 Å². The van der Waals surface area contributed by atoms with Gasteiger partial charge in [-0.1, -0.05) is 22.9 Å². The molecule has 2 N–H and O–H groups in total. The van der Waals surface area contributed by atoms with Crippen molar-refractivity contribution in [2.24, 2.45) is 0 Å². The van der Waals surface area contributed by atoms with E-state index in [9.17, 15) is 19.2 Å². The van der Waals surface area contributed by atoms with Gasteiger partial charge in [0.05, 0.1) is 16.5 Å². The number of hydrogen-bond donors (Lipinski definition) is 2. The first-order valence-electron chi connectivity index (χ1n) is 11.7. The first-order chi connectivity index (χ1) is 17.4. The maximum absolute atomic E-state index is 13.5. The number of hydrogen-bond acceptors (Lipinski definition) is 7. The SMILES string of the molecule is O=CN1CCN(C(=O)c2ccc(NC(=O)C3(NC(=O)Oc4ccc(Cl)s4)CC4CCC3O4)cc2)CC1. The number of nitrogens with zero attached hydrogens (tertiary/aromatic N) is 2. The molecule has 10 nitrogen and oxygen atoms in total. The lowest BCUT2D eigenvalue weighted by atomic mass is 9.80. The van der Waals surface area contributed by atoms with E-state index in [1.54, 1.807) is 46.2 Å². The van der Waals surface area contributed by atoms with E-state index >= 15 is 0 Å². The first-order valence-corrected chi connectivity index (χ1v) is 12.9. The predicted molar refractivity (Wildman–Crippen MR) is 132 cm³/mol. The van der Waals surface area contributed by atoms with Crippen LogP contribution in [0.1, 0.15) is 29.6 Å². The third-order valence-electron chi connectivity index (χ3n) is 6.82. The van der Waals surface area contributed by atoms with E-state index in [4.69, 9.17) is 21.1 Å². The van der Waals surface area contributed by atoms with Gasteiger partial charge in [0.25, 0.3) is 11.8 Å². The fraction of sp³-hybridized carbons (Fsp3) is 0.417. The van der Waals surface area contributed by atoms with Crippen LogP contribution in [0, 0.1) is 0 Å². The Balaban J connectivity index is 1.25. The summed E-state index contributed by atoms with van der Waals surface area (Å²) in [5.41, 5.74) is -0.292. The summed E-state index contributed by atoms with van der Waals surface area (Å²) < 4.78 is 11.7. The van der Waals surface area contributed by atoms with Crippen LogP contribution in [-0.2, 0) is 14.3 Å². The number of fused-ring (bicyclic) bond motifs is 2. The summed E-state index contributed by atoms with van der Waals surface area (Å²) in [6.07, 6.45) is 1.27. The molecule has 0 saturated carbocycles. The van der Waals surface area contributed by atoms with Gasteiger partial charge in [-0.05, 0) is 49.2 Å². The zero-order valence-electron chi connectivity index (χ0n) is 19.3. The quantitative estimate of drug-likeness (QED) is 0.552. The van der Waals surface area contributed by atoms with Gasteiger partial charge >= 0.3 is 6.09 Å². The minimum atomic E-state index is -1.27. The number of carbonyl (C=O) groups is 4. The van der Waals surface area contributed by atoms with Gasteiger partial charge in [-0.2, -0.15) is 0 Å². The molecule has 2 aromatic rings. The van der Waals surface area contributed by atoms with Crippen molar-refractivity contribution < 1.29 is 28.7 Å². The second-order valence-corrected chi connectivity index (χ2v) is 10.7. The lowest BCUT2D eigenvalue weighted by Gasteiger charge is -2.34. The maximum atomic E-state index is 13.5. The molecule has 190 valence electrons. The summed E-state index contributed by atoms with van der Waals surface area (Å²) >= 11 is 7.02. The molecule has 4 amide bonds. The zero-order chi connectivity index (χ0) is 25.3. The number of nitrogens with one attached hydrogen (secondary N) is 2. The second kappa shape index (κ2) is 10.1. The molecular formula is C24H25ClN4O6S. The Hall–Kier alpha value is -3.15. The molecule has 0 spiro atoms. The smallest absolute Gasteiger partial charge is 0.399 e. The van der Waals surface area contributed by atoms with Crippen LogP contribution in [0.15, 0.2) is 36.4 Å². The first kappa shape index (κ1) is 24.5. The average molecular weight is 533 g/mol. The molecule has 3 fully saturated rings. The van der Waals surface area contributed by atoms with Crippen LogP contribution in [0.3, 0.4) is 0 Å². The Kier molecular flexibility index (Phi) is 6.87. The Labute approximate surface area is 216 Å². The van der Waals surface area contributed by atoms with Crippen molar-refractivity contribution in [3.63, 3.8) is 0 Å². The highest BCUT2D eigenvalue weighted by Gasteiger charge is 2.58. The maximum Gasteiger partial charge on any atom is 0.414 e. The van der Waals surface area contributed by atoms with Gasteiger partial charge in [-0.25, -0.2) is 4.79 Å². The highest BCUT2D eigenvalue weighted by Crippen LogP contribution is 2.42. The zero-order valence-corrected chi connectivity index (χ0v) is 20.8. The molecule has 1 aromatic carbocycles. The summed E-state index contributed by atoms with van der Waals surface area (Å²) in [6, 6.07) is 9.81. The Morgan fingerprint density at radius 2 is 1.83 bits per heavy atom. The average Bonchev–Trinajstić information content (AvgIpc) is 3.61. The predicted octanol–water partition coefficient (Wildman–Crippen LogP) is 2.73. The van der Waals surface area contributed by atoms with Crippen molar-refractivity contribution in [2.45, 2.75) is 37.0 Å².